The maximum atomic E-state index is 6.76. The molecule has 190 valence electrons. The number of nitrogens with zero attached hydrogens (tertiary/aromatic N) is 4. The van der Waals surface area contributed by atoms with E-state index in [1.165, 1.54) is 12.8 Å². The van der Waals surface area contributed by atoms with Gasteiger partial charge in [0.25, 0.3) is 0 Å². The lowest BCUT2D eigenvalue weighted by Crippen LogP contribution is -2.60. The third-order valence-electron chi connectivity index (χ3n) is 8.41. The molecule has 3 fully saturated rings. The molecule has 1 aliphatic heterocycles. The highest BCUT2D eigenvalue weighted by Crippen LogP contribution is 2.51. The Balaban J connectivity index is 1.21. The van der Waals surface area contributed by atoms with Crippen LogP contribution < -0.4 is 5.73 Å². The highest BCUT2D eigenvalue weighted by molar-refractivity contribution is 5.98. The Hall–Kier alpha value is -3.65. The summed E-state index contributed by atoms with van der Waals surface area (Å²) in [4.78, 5) is 5.19. The molecule has 0 unspecified atom stereocenters. The van der Waals surface area contributed by atoms with Crippen molar-refractivity contribution in [2.75, 3.05) is 13.2 Å². The number of pyridine rings is 2. The van der Waals surface area contributed by atoms with Gasteiger partial charge in [-0.2, -0.15) is 0 Å². The Labute approximate surface area is 220 Å². The monoisotopic (exact) mass is 503 g/mol. The topological polar surface area (TPSA) is 87.6 Å². The van der Waals surface area contributed by atoms with Crippen LogP contribution in [0.15, 0.2) is 72.9 Å². The first-order valence-corrected chi connectivity index (χ1v) is 13.5. The van der Waals surface area contributed by atoms with Crippen molar-refractivity contribution in [3.63, 3.8) is 0 Å². The van der Waals surface area contributed by atoms with Gasteiger partial charge in [0.15, 0.2) is 11.4 Å². The molecule has 1 saturated heterocycles. The average Bonchev–Trinajstić information content (AvgIpc) is 3.46. The van der Waals surface area contributed by atoms with Crippen molar-refractivity contribution < 1.29 is 9.47 Å². The first-order chi connectivity index (χ1) is 18.6. The van der Waals surface area contributed by atoms with Crippen LogP contribution in [0.5, 0.6) is 0 Å². The number of nitrogens with two attached hydrogens (primary N) is 1. The van der Waals surface area contributed by atoms with E-state index in [9.17, 15) is 0 Å². The summed E-state index contributed by atoms with van der Waals surface area (Å²) in [5.74, 6) is 1.30. The number of aromatic nitrogens is 4. The van der Waals surface area contributed by atoms with Crippen molar-refractivity contribution in [2.45, 2.75) is 43.4 Å². The molecule has 38 heavy (non-hydrogen) atoms. The summed E-state index contributed by atoms with van der Waals surface area (Å²) in [7, 11) is 0. The molecule has 2 aromatic carbocycles. The van der Waals surface area contributed by atoms with Gasteiger partial charge in [-0.15, -0.1) is 10.2 Å². The highest BCUT2D eigenvalue weighted by Gasteiger charge is 2.57. The molecule has 0 atom stereocenters. The van der Waals surface area contributed by atoms with E-state index < -0.39 is 11.3 Å². The zero-order valence-electron chi connectivity index (χ0n) is 21.1. The van der Waals surface area contributed by atoms with Crippen LogP contribution in [0.25, 0.3) is 38.9 Å². The van der Waals surface area contributed by atoms with Gasteiger partial charge in [0.2, 0.25) is 0 Å². The zero-order chi connectivity index (χ0) is 25.3. The second-order valence-electron chi connectivity index (χ2n) is 11.2. The van der Waals surface area contributed by atoms with Crippen molar-refractivity contribution in [3.8, 4) is 22.4 Å². The lowest BCUT2D eigenvalue weighted by molar-refractivity contribution is -0.239. The van der Waals surface area contributed by atoms with Crippen molar-refractivity contribution >= 4 is 16.6 Å². The fraction of sp³-hybridized carbons (Fsp3) is 0.323. The Morgan fingerprint density at radius 1 is 0.895 bits per heavy atom. The Morgan fingerprint density at radius 2 is 1.66 bits per heavy atom. The smallest absolute Gasteiger partial charge is 0.172 e. The molecule has 5 aromatic rings. The van der Waals surface area contributed by atoms with Gasteiger partial charge in [0, 0.05) is 42.0 Å². The molecule has 0 bridgehead atoms. The Morgan fingerprint density at radius 3 is 2.39 bits per heavy atom. The molecule has 3 aromatic heterocycles. The van der Waals surface area contributed by atoms with Crippen LogP contribution >= 0.6 is 0 Å². The molecule has 1 spiro atoms. The molecule has 2 saturated carbocycles. The van der Waals surface area contributed by atoms with Gasteiger partial charge in [-0.05, 0) is 42.0 Å². The quantitative estimate of drug-likeness (QED) is 0.352. The summed E-state index contributed by atoms with van der Waals surface area (Å²) in [5.41, 5.74) is 13.4. The van der Waals surface area contributed by atoms with E-state index >= 15 is 0 Å². The van der Waals surface area contributed by atoms with Crippen LogP contribution in [0.3, 0.4) is 0 Å². The molecule has 3 aliphatic rings. The number of hydrogen-bond acceptors (Lipinski definition) is 6. The van der Waals surface area contributed by atoms with Crippen LogP contribution in [0.1, 0.15) is 37.1 Å². The van der Waals surface area contributed by atoms with Crippen molar-refractivity contribution in [1.29, 1.82) is 0 Å². The van der Waals surface area contributed by atoms with Crippen LogP contribution in [0.2, 0.25) is 0 Å². The maximum absolute atomic E-state index is 6.76. The van der Waals surface area contributed by atoms with Crippen LogP contribution in [-0.4, -0.2) is 38.6 Å². The predicted molar refractivity (Wildman–Crippen MR) is 145 cm³/mol. The lowest BCUT2D eigenvalue weighted by Gasteiger charge is -2.50. The van der Waals surface area contributed by atoms with Gasteiger partial charge < -0.3 is 15.2 Å². The summed E-state index contributed by atoms with van der Waals surface area (Å²) >= 11 is 0. The Kier molecular flexibility index (Phi) is 4.81. The summed E-state index contributed by atoms with van der Waals surface area (Å²) in [6.45, 7) is 1.29. The van der Waals surface area contributed by atoms with Gasteiger partial charge in [-0.1, -0.05) is 54.6 Å². The van der Waals surface area contributed by atoms with E-state index in [0.29, 0.717) is 26.1 Å². The zero-order valence-corrected chi connectivity index (χ0v) is 21.1. The van der Waals surface area contributed by atoms with Crippen LogP contribution in [-0.2, 0) is 21.4 Å². The third-order valence-corrected chi connectivity index (χ3v) is 8.41. The van der Waals surface area contributed by atoms with Gasteiger partial charge >= 0.3 is 0 Å². The molecule has 8 rings (SSSR count). The second-order valence-corrected chi connectivity index (χ2v) is 11.2. The first kappa shape index (κ1) is 22.3. The SMILES string of the molecule is NC1(c2ccc(-c3nc4ccn5c(CC6CC6)nnc5c4cc3-c3ccccc3)cc2)CC2(C1)OCCO2. The minimum absolute atomic E-state index is 0.431. The summed E-state index contributed by atoms with van der Waals surface area (Å²) in [6, 6.07) is 23.3. The van der Waals surface area contributed by atoms with E-state index in [1.807, 2.05) is 6.07 Å². The average molecular weight is 504 g/mol. The molecule has 0 radical (unpaired) electrons. The van der Waals surface area contributed by atoms with E-state index in [1.54, 1.807) is 0 Å². The predicted octanol–water partition coefficient (Wildman–Crippen LogP) is 5.25. The van der Waals surface area contributed by atoms with Crippen molar-refractivity contribution in [3.05, 3.63) is 84.3 Å². The number of rotatable bonds is 5. The molecule has 0 amide bonds. The van der Waals surface area contributed by atoms with Gasteiger partial charge in [-0.25, -0.2) is 4.98 Å². The number of benzene rings is 2. The molecule has 7 heteroatoms. The van der Waals surface area contributed by atoms with E-state index in [0.717, 1.165) is 62.7 Å². The summed E-state index contributed by atoms with van der Waals surface area (Å²) in [6.07, 6.45) is 6.99. The van der Waals surface area contributed by atoms with Crippen molar-refractivity contribution in [1.82, 2.24) is 19.6 Å². The van der Waals surface area contributed by atoms with Gasteiger partial charge in [0.05, 0.1) is 30.0 Å². The molecule has 7 nitrogen and oxygen atoms in total. The Bertz CT molecular complexity index is 1660. The van der Waals surface area contributed by atoms with Gasteiger partial charge in [-0.3, -0.25) is 4.40 Å². The largest absolute Gasteiger partial charge is 0.347 e. The number of ether oxygens (including phenoxy) is 2. The molecule has 4 heterocycles. The summed E-state index contributed by atoms with van der Waals surface area (Å²) < 4.78 is 13.8. The molecular weight excluding hydrogens is 474 g/mol. The van der Waals surface area contributed by atoms with Crippen LogP contribution in [0, 0.1) is 5.92 Å². The fourth-order valence-electron chi connectivity index (χ4n) is 6.19. The van der Waals surface area contributed by atoms with Crippen molar-refractivity contribution in [2.24, 2.45) is 11.7 Å². The standard InChI is InChI=1S/C31H29N5O2/c32-30(18-31(19-30)37-14-15-38-31)23-10-8-22(9-11-23)28-24(21-4-2-1-3-5-21)17-25-26(33-28)12-13-36-27(16-20-6-7-20)34-35-29(25)36/h1-5,8-13,17,20H,6-7,14-16,18-19,32H2. The van der Waals surface area contributed by atoms with Gasteiger partial charge in [0.1, 0.15) is 5.82 Å². The lowest BCUT2D eigenvalue weighted by atomic mass is 9.68. The minimum atomic E-state index is -0.487. The normalized spacial score (nSPS) is 19.8. The highest BCUT2D eigenvalue weighted by atomic mass is 16.7. The second kappa shape index (κ2) is 8.17. The van der Waals surface area contributed by atoms with E-state index in [-0.39, 0.29) is 0 Å². The first-order valence-electron chi connectivity index (χ1n) is 13.5. The van der Waals surface area contributed by atoms with Crippen LogP contribution in [0.4, 0.5) is 0 Å². The molecule has 2 N–H and O–H groups in total. The maximum Gasteiger partial charge on any atom is 0.172 e. The number of fused-ring (bicyclic) bond motifs is 3. The molecule has 2 aliphatic carbocycles. The fourth-order valence-corrected chi connectivity index (χ4v) is 6.19. The summed E-state index contributed by atoms with van der Waals surface area (Å²) in [5, 5.41) is 10.1. The number of hydrogen-bond donors (Lipinski definition) is 1. The van der Waals surface area contributed by atoms with E-state index in [4.69, 9.17) is 20.2 Å². The molecular formula is C31H29N5O2. The minimum Gasteiger partial charge on any atom is -0.347 e. The van der Waals surface area contributed by atoms with E-state index in [2.05, 4.69) is 81.5 Å². The third kappa shape index (κ3) is 3.57.